The van der Waals surface area contributed by atoms with Crippen molar-refractivity contribution in [2.75, 3.05) is 19.6 Å². The van der Waals surface area contributed by atoms with Crippen LogP contribution in [-0.4, -0.2) is 61.0 Å². The summed E-state index contributed by atoms with van der Waals surface area (Å²) < 4.78 is 1.90. The first-order chi connectivity index (χ1) is 14.0. The lowest BCUT2D eigenvalue weighted by molar-refractivity contribution is -0.141. The summed E-state index contributed by atoms with van der Waals surface area (Å²) in [4.78, 5) is 37.6. The standard InChI is InChI=1S/C21H30N6O2/c1-4-9-27-15(3)16(13-24-27)20(29)25-11-7-21(8-12-25)19-17(22-14-23-19)6-10-26(21)18(28)5-2/h13-14H,4-12H2,1-3H3,(H,22,23). The Kier molecular flexibility index (Phi) is 5.19. The molecule has 0 saturated carbocycles. The van der Waals surface area contributed by atoms with Gasteiger partial charge >= 0.3 is 0 Å². The van der Waals surface area contributed by atoms with E-state index in [1.165, 1.54) is 0 Å². The molecule has 8 nitrogen and oxygen atoms in total. The molecule has 1 fully saturated rings. The number of piperidine rings is 1. The quantitative estimate of drug-likeness (QED) is 0.856. The molecule has 2 aliphatic rings. The van der Waals surface area contributed by atoms with Crippen LogP contribution in [0.3, 0.4) is 0 Å². The Balaban J connectivity index is 1.56. The van der Waals surface area contributed by atoms with Crippen LogP contribution in [0.4, 0.5) is 0 Å². The van der Waals surface area contributed by atoms with E-state index in [4.69, 9.17) is 0 Å². The highest BCUT2D eigenvalue weighted by Gasteiger charge is 2.48. The molecule has 0 aromatic carbocycles. The lowest BCUT2D eigenvalue weighted by Crippen LogP contribution is -2.58. The van der Waals surface area contributed by atoms with Crippen molar-refractivity contribution < 1.29 is 9.59 Å². The van der Waals surface area contributed by atoms with E-state index >= 15 is 0 Å². The number of likely N-dealkylation sites (tertiary alicyclic amines) is 1. The van der Waals surface area contributed by atoms with Gasteiger partial charge < -0.3 is 14.8 Å². The maximum atomic E-state index is 13.1. The molecule has 2 amide bonds. The van der Waals surface area contributed by atoms with Gasteiger partial charge in [0.1, 0.15) is 0 Å². The van der Waals surface area contributed by atoms with Crippen molar-refractivity contribution in [3.8, 4) is 0 Å². The fraction of sp³-hybridized carbons (Fsp3) is 0.619. The molecular formula is C21H30N6O2. The maximum Gasteiger partial charge on any atom is 0.257 e. The highest BCUT2D eigenvalue weighted by molar-refractivity contribution is 5.95. The Morgan fingerprint density at radius 1 is 1.21 bits per heavy atom. The third-order valence-corrected chi connectivity index (χ3v) is 6.51. The molecule has 29 heavy (non-hydrogen) atoms. The number of H-pyrrole nitrogens is 1. The Hall–Kier alpha value is -2.64. The third-order valence-electron chi connectivity index (χ3n) is 6.51. The number of hydrogen-bond acceptors (Lipinski definition) is 4. The molecule has 1 spiro atoms. The topological polar surface area (TPSA) is 87.1 Å². The molecule has 4 heterocycles. The van der Waals surface area contributed by atoms with Crippen molar-refractivity contribution in [3.63, 3.8) is 0 Å². The molecule has 2 aliphatic heterocycles. The number of hydrogen-bond donors (Lipinski definition) is 1. The van der Waals surface area contributed by atoms with Gasteiger partial charge in [-0.15, -0.1) is 0 Å². The summed E-state index contributed by atoms with van der Waals surface area (Å²) in [7, 11) is 0. The summed E-state index contributed by atoms with van der Waals surface area (Å²) in [5.74, 6) is 0.196. The fourth-order valence-corrected chi connectivity index (χ4v) is 4.88. The van der Waals surface area contributed by atoms with Gasteiger partial charge in [-0.05, 0) is 26.2 Å². The van der Waals surface area contributed by atoms with Crippen molar-refractivity contribution in [1.82, 2.24) is 29.5 Å². The summed E-state index contributed by atoms with van der Waals surface area (Å²) in [6.45, 7) is 8.71. The number of aryl methyl sites for hydroxylation is 1. The number of carbonyl (C=O) groups is 2. The van der Waals surface area contributed by atoms with E-state index in [0.29, 0.717) is 44.5 Å². The molecular weight excluding hydrogens is 368 g/mol. The van der Waals surface area contributed by atoms with Crippen molar-refractivity contribution in [2.45, 2.75) is 65.0 Å². The van der Waals surface area contributed by atoms with Gasteiger partial charge in [-0.3, -0.25) is 14.3 Å². The summed E-state index contributed by atoms with van der Waals surface area (Å²) in [6, 6.07) is 0. The van der Waals surface area contributed by atoms with Crippen LogP contribution < -0.4 is 0 Å². The minimum absolute atomic E-state index is 0.0335. The first-order valence-electron chi connectivity index (χ1n) is 10.7. The Labute approximate surface area is 171 Å². The highest BCUT2D eigenvalue weighted by atomic mass is 16.2. The molecule has 2 aromatic heterocycles. The fourth-order valence-electron chi connectivity index (χ4n) is 4.88. The van der Waals surface area contributed by atoms with Crippen LogP contribution in [0.5, 0.6) is 0 Å². The zero-order valence-corrected chi connectivity index (χ0v) is 17.6. The Bertz CT molecular complexity index is 906. The number of fused-ring (bicyclic) bond motifs is 2. The second kappa shape index (κ2) is 7.65. The van der Waals surface area contributed by atoms with Crippen molar-refractivity contribution in [3.05, 3.63) is 35.2 Å². The van der Waals surface area contributed by atoms with Gasteiger partial charge in [0.2, 0.25) is 5.91 Å². The molecule has 4 rings (SSSR count). The predicted octanol–water partition coefficient (Wildman–Crippen LogP) is 2.25. The third kappa shape index (κ3) is 3.14. The zero-order valence-electron chi connectivity index (χ0n) is 17.6. The van der Waals surface area contributed by atoms with E-state index in [2.05, 4.69) is 22.0 Å². The number of imidazole rings is 1. The van der Waals surface area contributed by atoms with E-state index in [1.54, 1.807) is 12.5 Å². The van der Waals surface area contributed by atoms with Crippen molar-refractivity contribution in [2.24, 2.45) is 0 Å². The van der Waals surface area contributed by atoms with E-state index in [-0.39, 0.29) is 11.8 Å². The number of aromatic nitrogens is 4. The number of rotatable bonds is 4. The average molecular weight is 399 g/mol. The van der Waals surface area contributed by atoms with Crippen LogP contribution in [0.15, 0.2) is 12.5 Å². The maximum absolute atomic E-state index is 13.1. The van der Waals surface area contributed by atoms with E-state index < -0.39 is 5.54 Å². The van der Waals surface area contributed by atoms with Gasteiger partial charge in [0.05, 0.1) is 29.3 Å². The van der Waals surface area contributed by atoms with Crippen LogP contribution in [0, 0.1) is 6.92 Å². The van der Waals surface area contributed by atoms with Crippen LogP contribution >= 0.6 is 0 Å². The molecule has 2 aromatic rings. The Morgan fingerprint density at radius 2 is 1.97 bits per heavy atom. The predicted molar refractivity (Wildman–Crippen MR) is 108 cm³/mol. The zero-order chi connectivity index (χ0) is 20.6. The molecule has 156 valence electrons. The molecule has 0 unspecified atom stereocenters. The largest absolute Gasteiger partial charge is 0.348 e. The molecule has 0 radical (unpaired) electrons. The highest BCUT2D eigenvalue weighted by Crippen LogP contribution is 2.42. The van der Waals surface area contributed by atoms with Gasteiger partial charge in [-0.2, -0.15) is 5.10 Å². The monoisotopic (exact) mass is 398 g/mol. The molecule has 1 saturated heterocycles. The summed E-state index contributed by atoms with van der Waals surface area (Å²) in [6.07, 6.45) is 7.12. The second-order valence-corrected chi connectivity index (χ2v) is 8.07. The number of aromatic amines is 1. The first kappa shape index (κ1) is 19.7. The van der Waals surface area contributed by atoms with Gasteiger partial charge in [-0.1, -0.05) is 13.8 Å². The molecule has 0 aliphatic carbocycles. The Morgan fingerprint density at radius 3 is 2.66 bits per heavy atom. The first-order valence-corrected chi connectivity index (χ1v) is 10.7. The molecule has 1 N–H and O–H groups in total. The summed E-state index contributed by atoms with van der Waals surface area (Å²) in [5, 5.41) is 4.38. The lowest BCUT2D eigenvalue weighted by Gasteiger charge is -2.50. The van der Waals surface area contributed by atoms with Gasteiger partial charge in [-0.25, -0.2) is 4.98 Å². The van der Waals surface area contributed by atoms with E-state index in [9.17, 15) is 9.59 Å². The van der Waals surface area contributed by atoms with Crippen molar-refractivity contribution >= 4 is 11.8 Å². The smallest absolute Gasteiger partial charge is 0.257 e. The number of nitrogens with zero attached hydrogens (tertiary/aromatic N) is 5. The molecule has 0 atom stereocenters. The van der Waals surface area contributed by atoms with Crippen LogP contribution in [0.2, 0.25) is 0 Å². The lowest BCUT2D eigenvalue weighted by atomic mass is 9.78. The summed E-state index contributed by atoms with van der Waals surface area (Å²) in [5.41, 5.74) is 3.32. The normalized spacial score (nSPS) is 18.2. The minimum atomic E-state index is -0.404. The van der Waals surface area contributed by atoms with E-state index in [0.717, 1.165) is 36.5 Å². The minimum Gasteiger partial charge on any atom is -0.348 e. The second-order valence-electron chi connectivity index (χ2n) is 8.07. The van der Waals surface area contributed by atoms with E-state index in [1.807, 2.05) is 28.3 Å². The summed E-state index contributed by atoms with van der Waals surface area (Å²) >= 11 is 0. The molecule has 8 heteroatoms. The number of carbonyl (C=O) groups excluding carboxylic acids is 2. The average Bonchev–Trinajstić information content (AvgIpc) is 3.36. The molecule has 0 bridgehead atoms. The van der Waals surface area contributed by atoms with Crippen LogP contribution in [-0.2, 0) is 23.3 Å². The van der Waals surface area contributed by atoms with Crippen molar-refractivity contribution in [1.29, 1.82) is 0 Å². The van der Waals surface area contributed by atoms with Gasteiger partial charge in [0, 0.05) is 50.4 Å². The SMILES string of the molecule is CCCn1ncc(C(=O)N2CCC3(CC2)c2nc[nH]c2CCN3C(=O)CC)c1C. The number of amides is 2. The van der Waals surface area contributed by atoms with Crippen LogP contribution in [0.1, 0.15) is 67.0 Å². The van der Waals surface area contributed by atoms with Crippen LogP contribution in [0.25, 0.3) is 0 Å². The van der Waals surface area contributed by atoms with Gasteiger partial charge in [0.15, 0.2) is 0 Å². The van der Waals surface area contributed by atoms with Gasteiger partial charge in [0.25, 0.3) is 5.91 Å². The number of nitrogens with one attached hydrogen (secondary N) is 1.